The smallest absolute Gasteiger partial charge is 0.404 e. The van der Waals surface area contributed by atoms with Crippen LogP contribution in [-0.2, 0) is 14.8 Å². The molecule has 0 fully saturated rings. The van der Waals surface area contributed by atoms with Gasteiger partial charge in [-0.2, -0.15) is 0 Å². The first kappa shape index (κ1) is 31.2. The van der Waals surface area contributed by atoms with E-state index in [2.05, 4.69) is 20.5 Å². The van der Waals surface area contributed by atoms with E-state index in [0.29, 0.717) is 21.9 Å². The van der Waals surface area contributed by atoms with Gasteiger partial charge in [0, 0.05) is 36.7 Å². The van der Waals surface area contributed by atoms with Crippen molar-refractivity contribution >= 4 is 55.1 Å². The lowest BCUT2D eigenvalue weighted by atomic mass is 9.97. The average Bonchev–Trinajstić information content (AvgIpc) is 3.42. The molecule has 1 heterocycles. The molecule has 1 aromatic heterocycles. The number of nitrogens with one attached hydrogen (secondary N) is 3. The third-order valence-corrected chi connectivity index (χ3v) is 8.92. The maximum absolute atomic E-state index is 13.4. The molecule has 226 valence electrons. The molecule has 0 aliphatic rings. The van der Waals surface area contributed by atoms with E-state index in [1.54, 1.807) is 37.4 Å². The van der Waals surface area contributed by atoms with E-state index in [1.807, 2.05) is 18.2 Å². The number of carboxylic acid groups (broad SMARTS) is 1. The number of methoxy groups -OCH3 is 1. The summed E-state index contributed by atoms with van der Waals surface area (Å²) in [6.45, 7) is 0.0544. The van der Waals surface area contributed by atoms with E-state index >= 15 is 0 Å². The second-order valence-electron chi connectivity index (χ2n) is 9.31. The van der Waals surface area contributed by atoms with Crippen LogP contribution < -0.4 is 25.8 Å². The molecule has 0 unspecified atom stereocenters. The zero-order valence-electron chi connectivity index (χ0n) is 23.0. The van der Waals surface area contributed by atoms with E-state index in [-0.39, 0.29) is 48.3 Å². The lowest BCUT2D eigenvalue weighted by Crippen LogP contribution is -2.29. The maximum Gasteiger partial charge on any atom is 0.404 e. The van der Waals surface area contributed by atoms with Crippen molar-refractivity contribution in [2.45, 2.75) is 23.7 Å². The summed E-state index contributed by atoms with van der Waals surface area (Å²) in [6.07, 6.45) is -0.836. The number of nitrogens with two attached hydrogens (primary N) is 1. The van der Waals surface area contributed by atoms with Gasteiger partial charge in [0.05, 0.1) is 22.2 Å². The third-order valence-electron chi connectivity index (χ3n) is 6.37. The van der Waals surface area contributed by atoms with Crippen molar-refractivity contribution in [3.05, 3.63) is 82.9 Å². The van der Waals surface area contributed by atoms with Crippen LogP contribution in [0, 0.1) is 0 Å². The highest BCUT2D eigenvalue weighted by molar-refractivity contribution is 7.89. The standard InChI is InChI=1S/C28H30N6O7S2/c1-41-20-10-11-23-24(15-20)42-27(33-23)22(17-5-2-6-18(13-17)26(29)34-38)16-31-43(39,40)21-8-3-7-19(14-21)32-25(35)9-4-12-30-28(36)37/h2-3,5-8,10-11,13-15,22,30-31,38H,4,9,12,16H2,1H3,(H2,29,34)(H,32,35)(H,36,37)/t22-/m0/s1. The van der Waals surface area contributed by atoms with Crippen molar-refractivity contribution in [3.63, 3.8) is 0 Å². The summed E-state index contributed by atoms with van der Waals surface area (Å²) in [6, 6.07) is 18.2. The molecule has 13 nitrogen and oxygen atoms in total. The minimum atomic E-state index is -4.04. The van der Waals surface area contributed by atoms with Crippen LogP contribution in [0.1, 0.15) is 34.9 Å². The number of anilines is 1. The number of aromatic nitrogens is 1. The highest BCUT2D eigenvalue weighted by Crippen LogP contribution is 2.34. The molecule has 0 radical (unpaired) electrons. The summed E-state index contributed by atoms with van der Waals surface area (Å²) in [5.74, 6) is -0.343. The summed E-state index contributed by atoms with van der Waals surface area (Å²) in [7, 11) is -2.47. The van der Waals surface area contributed by atoms with Crippen LogP contribution in [0.25, 0.3) is 10.2 Å². The first-order valence-electron chi connectivity index (χ1n) is 13.0. The Morgan fingerprint density at radius 2 is 1.91 bits per heavy atom. The van der Waals surface area contributed by atoms with Crippen LogP contribution in [-0.4, -0.2) is 61.8 Å². The van der Waals surface area contributed by atoms with Gasteiger partial charge in [-0.05, 0) is 54.4 Å². The van der Waals surface area contributed by atoms with Gasteiger partial charge >= 0.3 is 6.09 Å². The number of amidine groups is 1. The van der Waals surface area contributed by atoms with E-state index in [9.17, 15) is 18.0 Å². The first-order chi connectivity index (χ1) is 20.6. The van der Waals surface area contributed by atoms with Crippen molar-refractivity contribution in [1.29, 1.82) is 0 Å². The van der Waals surface area contributed by atoms with Gasteiger partial charge in [-0.1, -0.05) is 29.4 Å². The number of carbonyl (C=O) groups excluding carboxylic acids is 1. The number of oxime groups is 1. The van der Waals surface area contributed by atoms with Gasteiger partial charge < -0.3 is 31.4 Å². The number of carbonyl (C=O) groups is 2. The number of hydrogen-bond acceptors (Lipinski definition) is 9. The minimum absolute atomic E-state index is 0.0514. The number of hydrogen-bond donors (Lipinski definition) is 6. The maximum atomic E-state index is 13.4. The molecule has 3 aromatic carbocycles. The van der Waals surface area contributed by atoms with Gasteiger partial charge in [0.25, 0.3) is 0 Å². The Morgan fingerprint density at radius 3 is 2.65 bits per heavy atom. The Morgan fingerprint density at radius 1 is 1.12 bits per heavy atom. The predicted molar refractivity (Wildman–Crippen MR) is 162 cm³/mol. The minimum Gasteiger partial charge on any atom is -0.497 e. The second-order valence-corrected chi connectivity index (χ2v) is 12.1. The van der Waals surface area contributed by atoms with Crippen LogP contribution in [0.15, 0.2) is 76.8 Å². The Balaban J connectivity index is 1.57. The zero-order valence-corrected chi connectivity index (χ0v) is 24.6. The van der Waals surface area contributed by atoms with Gasteiger partial charge in [0.15, 0.2) is 5.84 Å². The number of thiazole rings is 1. The van der Waals surface area contributed by atoms with Crippen molar-refractivity contribution in [2.24, 2.45) is 10.9 Å². The molecule has 0 saturated carbocycles. The molecule has 1 atom stereocenters. The SMILES string of the molecule is COc1ccc2nc([C@@H](CNS(=O)(=O)c3cccc(NC(=O)CCCNC(=O)O)c3)c3cccc(C(N)=NO)c3)sc2c1. The Kier molecular flexibility index (Phi) is 10.1. The zero-order chi connectivity index (χ0) is 31.0. The summed E-state index contributed by atoms with van der Waals surface area (Å²) in [4.78, 5) is 27.5. The quantitative estimate of drug-likeness (QED) is 0.0422. The molecule has 4 rings (SSSR count). The number of nitrogens with zero attached hydrogens (tertiary/aromatic N) is 2. The Bertz CT molecular complexity index is 1760. The number of amides is 2. The fourth-order valence-electron chi connectivity index (χ4n) is 4.20. The molecule has 7 N–H and O–H groups in total. The van der Waals surface area contributed by atoms with Crippen molar-refractivity contribution in [3.8, 4) is 5.75 Å². The topological polar surface area (TPSA) is 205 Å². The molecule has 4 aromatic rings. The summed E-state index contributed by atoms with van der Waals surface area (Å²) >= 11 is 1.39. The fourth-order valence-corrected chi connectivity index (χ4v) is 6.42. The molecule has 0 saturated heterocycles. The van der Waals surface area contributed by atoms with Gasteiger partial charge in [-0.3, -0.25) is 4.79 Å². The van der Waals surface area contributed by atoms with E-state index in [0.717, 1.165) is 10.2 Å². The van der Waals surface area contributed by atoms with Crippen LogP contribution in [0.2, 0.25) is 0 Å². The first-order valence-corrected chi connectivity index (χ1v) is 15.3. The summed E-state index contributed by atoms with van der Waals surface area (Å²) in [5, 5.41) is 26.3. The Hall–Kier alpha value is -4.73. The normalized spacial score (nSPS) is 12.5. The van der Waals surface area contributed by atoms with Gasteiger partial charge in [-0.15, -0.1) is 11.3 Å². The lowest BCUT2D eigenvalue weighted by Gasteiger charge is -2.17. The van der Waals surface area contributed by atoms with Crippen molar-refractivity contribution in [1.82, 2.24) is 15.0 Å². The van der Waals surface area contributed by atoms with E-state index < -0.39 is 22.0 Å². The van der Waals surface area contributed by atoms with Crippen LogP contribution in [0.3, 0.4) is 0 Å². The predicted octanol–water partition coefficient (Wildman–Crippen LogP) is 3.50. The molecule has 0 spiro atoms. The Labute approximate surface area is 251 Å². The number of sulfonamides is 1. The van der Waals surface area contributed by atoms with Crippen molar-refractivity contribution in [2.75, 3.05) is 25.5 Å². The molecule has 0 aliphatic carbocycles. The van der Waals surface area contributed by atoms with Gasteiger partial charge in [0.2, 0.25) is 15.9 Å². The molecular formula is C28H30N6O7S2. The number of fused-ring (bicyclic) bond motifs is 1. The van der Waals surface area contributed by atoms with Gasteiger partial charge in [-0.25, -0.2) is 22.9 Å². The molecular weight excluding hydrogens is 596 g/mol. The number of ether oxygens (including phenoxy) is 1. The monoisotopic (exact) mass is 626 g/mol. The molecule has 15 heteroatoms. The van der Waals surface area contributed by atoms with Gasteiger partial charge in [0.1, 0.15) is 10.8 Å². The average molecular weight is 627 g/mol. The van der Waals surface area contributed by atoms with Crippen LogP contribution >= 0.6 is 11.3 Å². The van der Waals surface area contributed by atoms with Crippen LogP contribution in [0.4, 0.5) is 10.5 Å². The fraction of sp³-hybridized carbons (Fsp3) is 0.214. The molecule has 0 aliphatic heterocycles. The van der Waals surface area contributed by atoms with Crippen molar-refractivity contribution < 1.29 is 33.1 Å². The third kappa shape index (κ3) is 8.18. The van der Waals surface area contributed by atoms with Crippen LogP contribution in [0.5, 0.6) is 5.75 Å². The highest BCUT2D eigenvalue weighted by Gasteiger charge is 2.24. The lowest BCUT2D eigenvalue weighted by molar-refractivity contribution is -0.116. The summed E-state index contributed by atoms with van der Waals surface area (Å²) in [5.41, 5.74) is 7.97. The molecule has 43 heavy (non-hydrogen) atoms. The largest absolute Gasteiger partial charge is 0.497 e. The second kappa shape index (κ2) is 14.0. The molecule has 2 amide bonds. The summed E-state index contributed by atoms with van der Waals surface area (Å²) < 4.78 is 35.6. The molecule has 0 bridgehead atoms. The number of rotatable bonds is 13. The van der Waals surface area contributed by atoms with E-state index in [4.69, 9.17) is 25.8 Å². The highest BCUT2D eigenvalue weighted by atomic mass is 32.2. The number of benzene rings is 3. The van der Waals surface area contributed by atoms with E-state index in [1.165, 1.54) is 29.5 Å².